The number of carbonyl (C=O) groups excluding carboxylic acids is 1. The van der Waals surface area contributed by atoms with Gasteiger partial charge in [0.15, 0.2) is 0 Å². The zero-order chi connectivity index (χ0) is 24.1. The Labute approximate surface area is 204 Å². The highest BCUT2D eigenvalue weighted by atomic mass is 16.5. The van der Waals surface area contributed by atoms with Gasteiger partial charge in [-0.25, -0.2) is 9.97 Å². The van der Waals surface area contributed by atoms with E-state index in [-0.39, 0.29) is 5.91 Å². The molecule has 1 saturated heterocycles. The second-order valence-corrected chi connectivity index (χ2v) is 8.64. The molecule has 7 nitrogen and oxygen atoms in total. The third kappa shape index (κ3) is 4.49. The van der Waals surface area contributed by atoms with Gasteiger partial charge in [-0.15, -0.1) is 0 Å². The molecule has 0 saturated carbocycles. The third-order valence-corrected chi connectivity index (χ3v) is 6.54. The van der Waals surface area contributed by atoms with Crippen LogP contribution in [-0.2, 0) is 11.8 Å². The molecule has 0 atom stereocenters. The highest BCUT2D eigenvalue weighted by molar-refractivity contribution is 5.92. The molecule has 5 rings (SSSR count). The highest BCUT2D eigenvalue weighted by Gasteiger charge is 2.40. The van der Waals surface area contributed by atoms with Gasteiger partial charge in [-0.1, -0.05) is 24.3 Å². The number of hydrogen-bond donors (Lipinski definition) is 0. The molecule has 176 valence electrons. The van der Waals surface area contributed by atoms with Gasteiger partial charge in [0.1, 0.15) is 5.69 Å². The minimum Gasteiger partial charge on any atom is -0.481 e. The number of methoxy groups -OCH3 is 1. The van der Waals surface area contributed by atoms with Crippen molar-refractivity contribution in [2.24, 2.45) is 0 Å². The molecular formula is C28H27N5O2. The van der Waals surface area contributed by atoms with Crippen LogP contribution in [0.3, 0.4) is 0 Å². The molecule has 0 unspecified atom stereocenters. The van der Waals surface area contributed by atoms with Gasteiger partial charge in [0.25, 0.3) is 5.91 Å². The van der Waals surface area contributed by atoms with Crippen molar-refractivity contribution in [2.45, 2.75) is 24.7 Å². The molecule has 0 bridgehead atoms. The summed E-state index contributed by atoms with van der Waals surface area (Å²) in [6.07, 6.45) is 9.75. The van der Waals surface area contributed by atoms with E-state index in [4.69, 9.17) is 14.7 Å². The summed E-state index contributed by atoms with van der Waals surface area (Å²) in [4.78, 5) is 33.7. The minimum absolute atomic E-state index is 0.0323. The van der Waals surface area contributed by atoms with Crippen LogP contribution in [0.4, 0.5) is 0 Å². The first-order valence-electron chi connectivity index (χ1n) is 11.8. The van der Waals surface area contributed by atoms with Crippen LogP contribution in [0.1, 0.15) is 45.8 Å². The number of ether oxygens (including phenoxy) is 1. The van der Waals surface area contributed by atoms with E-state index in [0.717, 1.165) is 48.4 Å². The molecule has 0 aromatic carbocycles. The fraction of sp³-hybridized carbons (Fsp3) is 0.250. The van der Waals surface area contributed by atoms with Crippen LogP contribution in [0.15, 0.2) is 85.5 Å². The van der Waals surface area contributed by atoms with E-state index < -0.39 is 5.41 Å². The Morgan fingerprint density at radius 1 is 0.886 bits per heavy atom. The van der Waals surface area contributed by atoms with Crippen molar-refractivity contribution in [3.8, 4) is 5.88 Å². The van der Waals surface area contributed by atoms with Gasteiger partial charge < -0.3 is 9.64 Å². The van der Waals surface area contributed by atoms with Gasteiger partial charge in [-0.3, -0.25) is 14.8 Å². The van der Waals surface area contributed by atoms with Gasteiger partial charge in [0.2, 0.25) is 5.88 Å². The largest absolute Gasteiger partial charge is 0.481 e. The number of pyridine rings is 4. The Hall–Kier alpha value is -4.13. The zero-order valence-electron chi connectivity index (χ0n) is 19.7. The first-order chi connectivity index (χ1) is 17.2. The van der Waals surface area contributed by atoms with Crippen LogP contribution in [-0.4, -0.2) is 50.9 Å². The standard InChI is InChI=1S/C28H27N5O2/c1-35-26-13-4-10-23(31-26)18-28(21-8-6-14-29-19-21,22-9-7-15-30-20-22)25-12-5-11-24(32-25)27(34)33-16-2-3-17-33/h4-15,19-20H,2-3,16-18H2,1H3. The average molecular weight is 466 g/mol. The van der Waals surface area contributed by atoms with E-state index in [0.29, 0.717) is 18.0 Å². The van der Waals surface area contributed by atoms with Crippen molar-refractivity contribution in [1.82, 2.24) is 24.8 Å². The summed E-state index contributed by atoms with van der Waals surface area (Å²) in [5, 5.41) is 0. The fourth-order valence-electron chi connectivity index (χ4n) is 4.80. The number of amides is 1. The number of nitrogens with zero attached hydrogens (tertiary/aromatic N) is 5. The van der Waals surface area contributed by atoms with Crippen molar-refractivity contribution >= 4 is 5.91 Å². The summed E-state index contributed by atoms with van der Waals surface area (Å²) in [6, 6.07) is 19.3. The second kappa shape index (κ2) is 10.0. The Balaban J connectivity index is 1.71. The van der Waals surface area contributed by atoms with Crippen molar-refractivity contribution in [3.05, 3.63) is 114 Å². The molecule has 0 spiro atoms. The Morgan fingerprint density at radius 3 is 2.20 bits per heavy atom. The van der Waals surface area contributed by atoms with Crippen LogP contribution in [0.25, 0.3) is 0 Å². The molecule has 0 N–H and O–H groups in total. The average Bonchev–Trinajstić information content (AvgIpc) is 3.48. The first-order valence-corrected chi connectivity index (χ1v) is 11.8. The maximum Gasteiger partial charge on any atom is 0.272 e. The highest BCUT2D eigenvalue weighted by Crippen LogP contribution is 2.41. The lowest BCUT2D eigenvalue weighted by Gasteiger charge is -2.34. The van der Waals surface area contributed by atoms with Gasteiger partial charge in [-0.2, -0.15) is 0 Å². The van der Waals surface area contributed by atoms with Crippen LogP contribution in [0.5, 0.6) is 5.88 Å². The molecule has 5 heterocycles. The molecule has 1 aliphatic heterocycles. The number of rotatable bonds is 7. The van der Waals surface area contributed by atoms with E-state index in [1.54, 1.807) is 25.6 Å². The smallest absolute Gasteiger partial charge is 0.272 e. The summed E-state index contributed by atoms with van der Waals surface area (Å²) in [5.74, 6) is 0.509. The minimum atomic E-state index is -0.775. The monoisotopic (exact) mass is 465 g/mol. The molecule has 0 radical (unpaired) electrons. The lowest BCUT2D eigenvalue weighted by atomic mass is 9.69. The number of aromatic nitrogens is 4. The lowest BCUT2D eigenvalue weighted by Crippen LogP contribution is -2.35. The van der Waals surface area contributed by atoms with Gasteiger partial charge in [0, 0.05) is 56.1 Å². The van der Waals surface area contributed by atoms with Crippen molar-refractivity contribution in [1.29, 1.82) is 0 Å². The molecule has 1 aliphatic rings. The van der Waals surface area contributed by atoms with E-state index in [1.165, 1.54) is 0 Å². The van der Waals surface area contributed by atoms with Gasteiger partial charge in [0.05, 0.1) is 18.2 Å². The normalized spacial score (nSPS) is 13.6. The van der Waals surface area contributed by atoms with Crippen molar-refractivity contribution < 1.29 is 9.53 Å². The molecule has 1 amide bonds. The van der Waals surface area contributed by atoms with Crippen LogP contribution in [0.2, 0.25) is 0 Å². The van der Waals surface area contributed by atoms with Gasteiger partial charge in [-0.05, 0) is 54.3 Å². The summed E-state index contributed by atoms with van der Waals surface area (Å²) >= 11 is 0. The quantitative estimate of drug-likeness (QED) is 0.409. The van der Waals surface area contributed by atoms with E-state index >= 15 is 0 Å². The summed E-state index contributed by atoms with van der Waals surface area (Å²) in [6.45, 7) is 1.55. The Morgan fingerprint density at radius 2 is 1.57 bits per heavy atom. The van der Waals surface area contributed by atoms with Gasteiger partial charge >= 0.3 is 0 Å². The van der Waals surface area contributed by atoms with E-state index in [9.17, 15) is 4.79 Å². The molecule has 4 aromatic heterocycles. The summed E-state index contributed by atoms with van der Waals surface area (Å²) in [7, 11) is 1.61. The summed E-state index contributed by atoms with van der Waals surface area (Å²) in [5.41, 5.74) is 3.12. The predicted octanol–water partition coefficient (Wildman–Crippen LogP) is 4.09. The Bertz CT molecular complexity index is 1250. The maximum absolute atomic E-state index is 13.3. The van der Waals surface area contributed by atoms with Crippen LogP contribution in [0, 0.1) is 0 Å². The van der Waals surface area contributed by atoms with Crippen LogP contribution >= 0.6 is 0 Å². The predicted molar refractivity (Wildman–Crippen MR) is 132 cm³/mol. The van der Waals surface area contributed by atoms with Crippen LogP contribution < -0.4 is 4.74 Å². The molecular weight excluding hydrogens is 438 g/mol. The third-order valence-electron chi connectivity index (χ3n) is 6.54. The first kappa shape index (κ1) is 22.7. The molecule has 7 heteroatoms. The molecule has 4 aromatic rings. The molecule has 1 fully saturated rings. The maximum atomic E-state index is 13.3. The Kier molecular flexibility index (Phi) is 6.48. The fourth-order valence-corrected chi connectivity index (χ4v) is 4.80. The molecule has 0 aliphatic carbocycles. The number of likely N-dealkylation sites (tertiary alicyclic amines) is 1. The van der Waals surface area contributed by atoms with Crippen molar-refractivity contribution in [2.75, 3.05) is 20.2 Å². The molecule has 35 heavy (non-hydrogen) atoms. The van der Waals surface area contributed by atoms with Crippen molar-refractivity contribution in [3.63, 3.8) is 0 Å². The topological polar surface area (TPSA) is 81.1 Å². The lowest BCUT2D eigenvalue weighted by molar-refractivity contribution is 0.0786. The number of carbonyl (C=O) groups is 1. The number of hydrogen-bond acceptors (Lipinski definition) is 6. The second-order valence-electron chi connectivity index (χ2n) is 8.64. The SMILES string of the molecule is COc1cccc(CC(c2cccnc2)(c2cccnc2)c2cccc(C(=O)N3CCCC3)n2)n1. The van der Waals surface area contributed by atoms with E-state index in [1.807, 2.05) is 71.9 Å². The summed E-state index contributed by atoms with van der Waals surface area (Å²) < 4.78 is 5.39. The zero-order valence-corrected chi connectivity index (χ0v) is 19.7. The van der Waals surface area contributed by atoms with E-state index in [2.05, 4.69) is 9.97 Å².